The van der Waals surface area contributed by atoms with Gasteiger partial charge in [0.2, 0.25) is 0 Å². The molecule has 0 bridgehead atoms. The molecule has 2 rings (SSSR count). The van der Waals surface area contributed by atoms with Crippen LogP contribution in [0.5, 0.6) is 0 Å². The SMILES string of the molecule is O=C(O)c1ccc(N(CCCO)C2CCC2)cn1. The van der Waals surface area contributed by atoms with Gasteiger partial charge in [-0.2, -0.15) is 0 Å². The number of hydrogen-bond donors (Lipinski definition) is 2. The van der Waals surface area contributed by atoms with Crippen molar-refractivity contribution in [2.24, 2.45) is 0 Å². The number of carbonyl (C=O) groups is 1. The number of aliphatic hydroxyl groups excluding tert-OH is 1. The summed E-state index contributed by atoms with van der Waals surface area (Å²) in [5.41, 5.74) is 1.01. The maximum absolute atomic E-state index is 10.7. The number of nitrogens with zero attached hydrogens (tertiary/aromatic N) is 2. The highest BCUT2D eigenvalue weighted by Gasteiger charge is 2.25. The standard InChI is InChI=1S/C13H18N2O3/c16-8-2-7-15(10-3-1-4-10)11-5-6-12(13(17)18)14-9-11/h5-6,9-10,16H,1-4,7-8H2,(H,17,18). The summed E-state index contributed by atoms with van der Waals surface area (Å²) < 4.78 is 0. The van der Waals surface area contributed by atoms with Crippen LogP contribution in [0.2, 0.25) is 0 Å². The fourth-order valence-corrected chi connectivity index (χ4v) is 2.14. The number of aliphatic hydroxyl groups is 1. The molecule has 1 aromatic heterocycles. The summed E-state index contributed by atoms with van der Waals surface area (Å²) in [5.74, 6) is -1.01. The number of pyridine rings is 1. The third kappa shape index (κ3) is 2.79. The van der Waals surface area contributed by atoms with Crippen LogP contribution in [0, 0.1) is 0 Å². The zero-order valence-electron chi connectivity index (χ0n) is 10.2. The van der Waals surface area contributed by atoms with Crippen LogP contribution in [-0.4, -0.2) is 40.4 Å². The van der Waals surface area contributed by atoms with Crippen molar-refractivity contribution in [1.29, 1.82) is 0 Å². The van der Waals surface area contributed by atoms with Gasteiger partial charge in [-0.3, -0.25) is 0 Å². The maximum atomic E-state index is 10.7. The third-order valence-electron chi connectivity index (χ3n) is 3.37. The Hall–Kier alpha value is -1.62. The van der Waals surface area contributed by atoms with Gasteiger partial charge < -0.3 is 15.1 Å². The quantitative estimate of drug-likeness (QED) is 0.800. The molecule has 5 nitrogen and oxygen atoms in total. The molecule has 0 saturated heterocycles. The van der Waals surface area contributed by atoms with Gasteiger partial charge in [0.05, 0.1) is 11.9 Å². The van der Waals surface area contributed by atoms with E-state index in [0.29, 0.717) is 6.04 Å². The van der Waals surface area contributed by atoms with Crippen molar-refractivity contribution in [2.45, 2.75) is 31.7 Å². The Labute approximate surface area is 106 Å². The molecule has 0 unspecified atom stereocenters. The molecule has 18 heavy (non-hydrogen) atoms. The molecule has 1 aromatic rings. The fraction of sp³-hybridized carbons (Fsp3) is 0.538. The lowest BCUT2D eigenvalue weighted by Gasteiger charge is -2.39. The molecule has 0 atom stereocenters. The first-order chi connectivity index (χ1) is 8.72. The summed E-state index contributed by atoms with van der Waals surface area (Å²) in [6, 6.07) is 3.84. The van der Waals surface area contributed by atoms with Gasteiger partial charge >= 0.3 is 5.97 Å². The van der Waals surface area contributed by atoms with Gasteiger partial charge in [-0.15, -0.1) is 0 Å². The van der Waals surface area contributed by atoms with Crippen LogP contribution in [0.4, 0.5) is 5.69 Å². The number of carboxylic acids is 1. The van der Waals surface area contributed by atoms with Crippen LogP contribution >= 0.6 is 0 Å². The van der Waals surface area contributed by atoms with Gasteiger partial charge in [-0.05, 0) is 37.8 Å². The molecule has 5 heteroatoms. The molecule has 1 aliphatic rings. The van der Waals surface area contributed by atoms with E-state index in [1.54, 1.807) is 12.3 Å². The number of carboxylic acid groups (broad SMARTS) is 1. The van der Waals surface area contributed by atoms with E-state index in [4.69, 9.17) is 10.2 Å². The Morgan fingerprint density at radius 3 is 2.67 bits per heavy atom. The van der Waals surface area contributed by atoms with Crippen LogP contribution < -0.4 is 4.90 Å². The van der Waals surface area contributed by atoms with Crippen molar-refractivity contribution in [1.82, 2.24) is 4.98 Å². The second-order valence-corrected chi connectivity index (χ2v) is 4.56. The first kappa shape index (κ1) is 12.8. The van der Waals surface area contributed by atoms with Crippen molar-refractivity contribution < 1.29 is 15.0 Å². The Morgan fingerprint density at radius 2 is 2.22 bits per heavy atom. The molecule has 2 N–H and O–H groups in total. The van der Waals surface area contributed by atoms with Crippen LogP contribution in [0.25, 0.3) is 0 Å². The van der Waals surface area contributed by atoms with Gasteiger partial charge in [0, 0.05) is 19.2 Å². The zero-order valence-corrected chi connectivity index (χ0v) is 10.2. The highest BCUT2D eigenvalue weighted by atomic mass is 16.4. The zero-order chi connectivity index (χ0) is 13.0. The molecule has 0 aromatic carbocycles. The molecule has 1 aliphatic carbocycles. The van der Waals surface area contributed by atoms with E-state index in [9.17, 15) is 4.79 Å². The van der Waals surface area contributed by atoms with Crippen LogP contribution in [0.15, 0.2) is 18.3 Å². The van der Waals surface area contributed by atoms with E-state index in [1.165, 1.54) is 12.5 Å². The number of hydrogen-bond acceptors (Lipinski definition) is 4. The van der Waals surface area contributed by atoms with E-state index >= 15 is 0 Å². The summed E-state index contributed by atoms with van der Waals surface area (Å²) in [6.45, 7) is 0.957. The second-order valence-electron chi connectivity index (χ2n) is 4.56. The van der Waals surface area contributed by atoms with E-state index in [2.05, 4.69) is 9.88 Å². The minimum atomic E-state index is -1.01. The Kier molecular flexibility index (Phi) is 4.15. The number of rotatable bonds is 6. The molecule has 1 fully saturated rings. The molecular weight excluding hydrogens is 232 g/mol. The Balaban J connectivity index is 2.11. The average molecular weight is 250 g/mol. The average Bonchev–Trinajstić information content (AvgIpc) is 2.32. The first-order valence-electron chi connectivity index (χ1n) is 6.29. The summed E-state index contributed by atoms with van der Waals surface area (Å²) in [4.78, 5) is 16.9. The van der Waals surface area contributed by atoms with Gasteiger partial charge in [-0.1, -0.05) is 0 Å². The summed E-state index contributed by atoms with van der Waals surface area (Å²) in [6.07, 6.45) is 5.88. The monoisotopic (exact) mass is 250 g/mol. The molecular formula is C13H18N2O3. The van der Waals surface area contributed by atoms with Crippen LogP contribution in [0.1, 0.15) is 36.2 Å². The molecule has 1 heterocycles. The van der Waals surface area contributed by atoms with Gasteiger partial charge in [0.15, 0.2) is 0 Å². The fourth-order valence-electron chi connectivity index (χ4n) is 2.14. The van der Waals surface area contributed by atoms with E-state index in [1.807, 2.05) is 0 Å². The second kappa shape index (κ2) is 5.82. The van der Waals surface area contributed by atoms with Gasteiger partial charge in [-0.25, -0.2) is 9.78 Å². The smallest absolute Gasteiger partial charge is 0.354 e. The van der Waals surface area contributed by atoms with Gasteiger partial charge in [0.1, 0.15) is 5.69 Å². The maximum Gasteiger partial charge on any atom is 0.354 e. The molecule has 0 spiro atoms. The largest absolute Gasteiger partial charge is 0.477 e. The van der Waals surface area contributed by atoms with E-state index in [0.717, 1.165) is 31.5 Å². The van der Waals surface area contributed by atoms with Crippen LogP contribution in [-0.2, 0) is 0 Å². The number of anilines is 1. The normalized spacial score (nSPS) is 15.2. The summed E-state index contributed by atoms with van der Waals surface area (Å²) in [7, 11) is 0. The Morgan fingerprint density at radius 1 is 1.44 bits per heavy atom. The lowest BCUT2D eigenvalue weighted by atomic mass is 9.91. The molecule has 98 valence electrons. The van der Waals surface area contributed by atoms with E-state index < -0.39 is 5.97 Å². The van der Waals surface area contributed by atoms with Crippen molar-refractivity contribution in [2.75, 3.05) is 18.1 Å². The van der Waals surface area contributed by atoms with Crippen LogP contribution in [0.3, 0.4) is 0 Å². The lowest BCUT2D eigenvalue weighted by Crippen LogP contribution is -2.41. The molecule has 0 amide bonds. The predicted molar refractivity (Wildman–Crippen MR) is 67.9 cm³/mol. The molecule has 1 saturated carbocycles. The Bertz CT molecular complexity index is 401. The first-order valence-corrected chi connectivity index (χ1v) is 6.29. The summed E-state index contributed by atoms with van der Waals surface area (Å²) >= 11 is 0. The lowest BCUT2D eigenvalue weighted by molar-refractivity contribution is 0.0690. The highest BCUT2D eigenvalue weighted by Crippen LogP contribution is 2.29. The highest BCUT2D eigenvalue weighted by molar-refractivity contribution is 5.85. The van der Waals surface area contributed by atoms with Crippen molar-refractivity contribution in [3.8, 4) is 0 Å². The number of aromatic nitrogens is 1. The van der Waals surface area contributed by atoms with Crippen molar-refractivity contribution >= 4 is 11.7 Å². The molecule has 0 radical (unpaired) electrons. The van der Waals surface area contributed by atoms with E-state index in [-0.39, 0.29) is 12.3 Å². The van der Waals surface area contributed by atoms with Crippen molar-refractivity contribution in [3.05, 3.63) is 24.0 Å². The minimum Gasteiger partial charge on any atom is -0.477 e. The number of aromatic carboxylic acids is 1. The topological polar surface area (TPSA) is 73.7 Å². The third-order valence-corrected chi connectivity index (χ3v) is 3.37. The van der Waals surface area contributed by atoms with Crippen molar-refractivity contribution in [3.63, 3.8) is 0 Å². The predicted octanol–water partition coefficient (Wildman–Crippen LogP) is 1.52. The van der Waals surface area contributed by atoms with Gasteiger partial charge in [0.25, 0.3) is 0 Å². The minimum absolute atomic E-state index is 0.0643. The summed E-state index contributed by atoms with van der Waals surface area (Å²) in [5, 5.41) is 17.7. The molecule has 0 aliphatic heterocycles.